The fourth-order valence-corrected chi connectivity index (χ4v) is 1.98. The molecule has 2 aromatic rings. The van der Waals surface area contributed by atoms with Gasteiger partial charge in [0.25, 0.3) is 0 Å². The lowest BCUT2D eigenvalue weighted by molar-refractivity contribution is -0.274. The van der Waals surface area contributed by atoms with E-state index in [0.717, 1.165) is 6.07 Å². The van der Waals surface area contributed by atoms with E-state index >= 15 is 0 Å². The zero-order chi connectivity index (χ0) is 14.0. The molecule has 1 nitrogen and oxygen atoms in total. The van der Waals surface area contributed by atoms with Crippen molar-refractivity contribution < 1.29 is 22.3 Å². The number of halogens is 5. The predicted octanol–water partition coefficient (Wildman–Crippen LogP) is 5.15. The van der Waals surface area contributed by atoms with Crippen LogP contribution in [0.15, 0.2) is 46.9 Å². The number of alkyl halides is 3. The van der Waals surface area contributed by atoms with Crippen LogP contribution in [0.3, 0.4) is 0 Å². The molecule has 2 rings (SSSR count). The van der Waals surface area contributed by atoms with Crippen molar-refractivity contribution >= 4 is 15.9 Å². The third kappa shape index (κ3) is 3.26. The van der Waals surface area contributed by atoms with Gasteiger partial charge in [-0.15, -0.1) is 13.2 Å². The lowest BCUT2D eigenvalue weighted by Gasteiger charge is -2.14. The zero-order valence-corrected chi connectivity index (χ0v) is 10.9. The van der Waals surface area contributed by atoms with Gasteiger partial charge in [0.2, 0.25) is 0 Å². The average Bonchev–Trinajstić information content (AvgIpc) is 2.32. The summed E-state index contributed by atoms with van der Waals surface area (Å²) in [6.45, 7) is 0. The van der Waals surface area contributed by atoms with Crippen molar-refractivity contribution in [2.24, 2.45) is 0 Å². The molecule has 19 heavy (non-hydrogen) atoms. The molecule has 0 atom stereocenters. The molecule has 0 fully saturated rings. The molecule has 0 aliphatic carbocycles. The molecule has 0 saturated heterocycles. The lowest BCUT2D eigenvalue weighted by atomic mass is 10.0. The number of hydrogen-bond donors (Lipinski definition) is 0. The molecule has 100 valence electrons. The number of rotatable bonds is 2. The van der Waals surface area contributed by atoms with Gasteiger partial charge in [-0.25, -0.2) is 4.39 Å². The van der Waals surface area contributed by atoms with Crippen LogP contribution >= 0.6 is 15.9 Å². The molecule has 0 saturated carbocycles. The largest absolute Gasteiger partial charge is 0.573 e. The third-order valence-corrected chi connectivity index (χ3v) is 2.97. The van der Waals surface area contributed by atoms with Gasteiger partial charge in [-0.2, -0.15) is 0 Å². The van der Waals surface area contributed by atoms with Crippen LogP contribution in [0.4, 0.5) is 17.6 Å². The summed E-state index contributed by atoms with van der Waals surface area (Å²) < 4.78 is 54.9. The smallest absolute Gasteiger partial charge is 0.405 e. The Morgan fingerprint density at radius 2 is 1.53 bits per heavy atom. The van der Waals surface area contributed by atoms with Gasteiger partial charge in [0, 0.05) is 11.1 Å². The van der Waals surface area contributed by atoms with Crippen LogP contribution in [0.1, 0.15) is 0 Å². The topological polar surface area (TPSA) is 9.23 Å². The minimum Gasteiger partial charge on any atom is -0.405 e. The fraction of sp³-hybridized carbons (Fsp3) is 0.0769. The summed E-state index contributed by atoms with van der Waals surface area (Å²) in [7, 11) is 0. The van der Waals surface area contributed by atoms with E-state index in [4.69, 9.17) is 0 Å². The van der Waals surface area contributed by atoms with Gasteiger partial charge < -0.3 is 4.74 Å². The summed E-state index contributed by atoms with van der Waals surface area (Å²) in [6, 6.07) is 9.80. The summed E-state index contributed by atoms with van der Waals surface area (Å²) in [5, 5.41) is 0. The third-order valence-electron chi connectivity index (χ3n) is 2.35. The molecule has 6 heteroatoms. The maximum Gasteiger partial charge on any atom is 0.573 e. The fourth-order valence-electron chi connectivity index (χ4n) is 1.61. The number of benzene rings is 2. The van der Waals surface area contributed by atoms with E-state index in [1.165, 1.54) is 36.4 Å². The first-order chi connectivity index (χ1) is 8.88. The van der Waals surface area contributed by atoms with E-state index in [-0.39, 0.29) is 15.6 Å². The van der Waals surface area contributed by atoms with Gasteiger partial charge in [0.1, 0.15) is 11.6 Å². The summed E-state index contributed by atoms with van der Waals surface area (Å²) in [4.78, 5) is 0. The highest BCUT2D eigenvalue weighted by molar-refractivity contribution is 9.10. The Morgan fingerprint density at radius 1 is 0.895 bits per heavy atom. The first-order valence-electron chi connectivity index (χ1n) is 5.17. The molecule has 0 aliphatic rings. The first-order valence-corrected chi connectivity index (χ1v) is 5.97. The Hall–Kier alpha value is -1.56. The molecule has 0 bridgehead atoms. The summed E-state index contributed by atoms with van der Waals surface area (Å²) in [6.07, 6.45) is -4.82. The highest BCUT2D eigenvalue weighted by atomic mass is 79.9. The van der Waals surface area contributed by atoms with Gasteiger partial charge in [0.05, 0.1) is 4.47 Å². The second-order valence-electron chi connectivity index (χ2n) is 3.65. The predicted molar refractivity (Wildman–Crippen MR) is 66.2 cm³/mol. The van der Waals surface area contributed by atoms with Gasteiger partial charge in [-0.05, 0) is 28.1 Å². The van der Waals surface area contributed by atoms with E-state index in [1.54, 1.807) is 0 Å². The van der Waals surface area contributed by atoms with Gasteiger partial charge in [0.15, 0.2) is 0 Å². The molecule has 0 amide bonds. The zero-order valence-electron chi connectivity index (χ0n) is 9.34. The summed E-state index contributed by atoms with van der Waals surface area (Å²) >= 11 is 2.99. The van der Waals surface area contributed by atoms with E-state index in [2.05, 4.69) is 20.7 Å². The van der Waals surface area contributed by atoms with Crippen LogP contribution in [0.2, 0.25) is 0 Å². The molecule has 0 unspecified atom stereocenters. The molecule has 0 N–H and O–H groups in total. The van der Waals surface area contributed by atoms with Crippen molar-refractivity contribution in [1.82, 2.24) is 0 Å². The molecular formula is C13H7BrF4O. The molecule has 0 aliphatic heterocycles. The monoisotopic (exact) mass is 334 g/mol. The van der Waals surface area contributed by atoms with Crippen LogP contribution in [0.25, 0.3) is 11.1 Å². The molecule has 0 radical (unpaired) electrons. The van der Waals surface area contributed by atoms with E-state index in [9.17, 15) is 17.6 Å². The van der Waals surface area contributed by atoms with Crippen molar-refractivity contribution in [2.45, 2.75) is 6.36 Å². The molecule has 2 aromatic carbocycles. The molecular weight excluding hydrogens is 328 g/mol. The van der Waals surface area contributed by atoms with Crippen LogP contribution in [0, 0.1) is 5.82 Å². The number of ether oxygens (including phenoxy) is 1. The Balaban J connectivity index is 2.54. The molecule has 0 heterocycles. The van der Waals surface area contributed by atoms with Crippen molar-refractivity contribution in [2.75, 3.05) is 0 Å². The van der Waals surface area contributed by atoms with E-state index < -0.39 is 17.9 Å². The first kappa shape index (κ1) is 13.9. The van der Waals surface area contributed by atoms with Gasteiger partial charge in [-0.1, -0.05) is 30.3 Å². The van der Waals surface area contributed by atoms with Crippen LogP contribution in [-0.2, 0) is 0 Å². The molecule has 0 spiro atoms. The highest BCUT2D eigenvalue weighted by Gasteiger charge is 2.32. The van der Waals surface area contributed by atoms with Crippen molar-refractivity contribution in [3.63, 3.8) is 0 Å². The van der Waals surface area contributed by atoms with Crippen molar-refractivity contribution in [1.29, 1.82) is 0 Å². The number of para-hydroxylation sites is 1. The minimum atomic E-state index is -4.82. The summed E-state index contributed by atoms with van der Waals surface area (Å²) in [5.74, 6) is -1.08. The van der Waals surface area contributed by atoms with Crippen molar-refractivity contribution in [3.8, 4) is 16.9 Å². The average molecular weight is 335 g/mol. The standard InChI is InChI=1S/C13H7BrF4O/c14-10-6-3-5-9(12(10)15)8-4-1-2-7-11(8)19-13(16,17)18/h1-7H. The Labute approximate surface area is 114 Å². The Bertz CT molecular complexity index is 595. The number of hydrogen-bond acceptors (Lipinski definition) is 1. The lowest BCUT2D eigenvalue weighted by Crippen LogP contribution is -2.17. The van der Waals surface area contributed by atoms with Gasteiger partial charge in [-0.3, -0.25) is 0 Å². The van der Waals surface area contributed by atoms with Crippen molar-refractivity contribution in [3.05, 3.63) is 52.8 Å². The molecule has 0 aromatic heterocycles. The van der Waals surface area contributed by atoms with Crippen LogP contribution < -0.4 is 4.74 Å². The Morgan fingerprint density at radius 3 is 2.21 bits per heavy atom. The maximum atomic E-state index is 13.9. The quantitative estimate of drug-likeness (QED) is 0.690. The normalized spacial score (nSPS) is 11.4. The second kappa shape index (κ2) is 5.21. The maximum absolute atomic E-state index is 13.9. The second-order valence-corrected chi connectivity index (χ2v) is 4.50. The van der Waals surface area contributed by atoms with Crippen LogP contribution in [0.5, 0.6) is 5.75 Å². The SMILES string of the molecule is Fc1c(Br)cccc1-c1ccccc1OC(F)(F)F. The highest BCUT2D eigenvalue weighted by Crippen LogP contribution is 2.36. The summed E-state index contributed by atoms with van der Waals surface area (Å²) in [5.41, 5.74) is 0.0767. The Kier molecular flexibility index (Phi) is 3.80. The van der Waals surface area contributed by atoms with E-state index in [0.29, 0.717) is 0 Å². The van der Waals surface area contributed by atoms with Gasteiger partial charge >= 0.3 is 6.36 Å². The van der Waals surface area contributed by atoms with E-state index in [1.807, 2.05) is 0 Å². The van der Waals surface area contributed by atoms with Crippen LogP contribution in [-0.4, -0.2) is 6.36 Å². The minimum absolute atomic E-state index is 0.0363.